The van der Waals surface area contributed by atoms with E-state index in [1.807, 2.05) is 0 Å². The molecule has 2 aromatic carbocycles. The summed E-state index contributed by atoms with van der Waals surface area (Å²) >= 11 is 5.66. The van der Waals surface area contributed by atoms with Crippen molar-refractivity contribution in [3.05, 3.63) is 58.4 Å². The highest BCUT2D eigenvalue weighted by Gasteiger charge is 2.29. The van der Waals surface area contributed by atoms with Crippen LogP contribution in [0.2, 0.25) is 5.02 Å². The average molecular weight is 341 g/mol. The molecule has 1 heterocycles. The van der Waals surface area contributed by atoms with Crippen LogP contribution in [0.4, 0.5) is 10.1 Å². The van der Waals surface area contributed by atoms with Gasteiger partial charge in [-0.3, -0.25) is 4.79 Å². The number of hydrogen-bond donors (Lipinski definition) is 2. The number of hydrogen-bond acceptors (Lipinski definition) is 3. The monoisotopic (exact) mass is 340 g/mol. The minimum atomic E-state index is -3.55. The Morgan fingerprint density at radius 2 is 2.05 bits per heavy atom. The maximum absolute atomic E-state index is 13.1. The summed E-state index contributed by atoms with van der Waals surface area (Å²) in [5.74, 6) is -1.08. The fraction of sp³-hybridized carbons (Fsp3) is 0.0714. The number of nitrogens with one attached hydrogen (secondary N) is 2. The van der Waals surface area contributed by atoms with Crippen LogP contribution in [0.1, 0.15) is 15.9 Å². The Balaban J connectivity index is 1.94. The molecule has 2 N–H and O–H groups in total. The number of carbonyl (C=O) groups is 1. The average Bonchev–Trinajstić information content (AvgIpc) is 2.79. The fourth-order valence-corrected chi connectivity index (χ4v) is 3.66. The highest BCUT2D eigenvalue weighted by Crippen LogP contribution is 2.26. The third-order valence-electron chi connectivity index (χ3n) is 3.28. The lowest BCUT2D eigenvalue weighted by Gasteiger charge is -2.09. The third-order valence-corrected chi connectivity index (χ3v) is 5.06. The van der Waals surface area contributed by atoms with Gasteiger partial charge in [0.25, 0.3) is 5.91 Å². The van der Waals surface area contributed by atoms with Crippen LogP contribution in [0.15, 0.2) is 41.3 Å². The van der Waals surface area contributed by atoms with Crippen LogP contribution in [-0.4, -0.2) is 14.3 Å². The lowest BCUT2D eigenvalue weighted by Crippen LogP contribution is -2.15. The number of sulfonamides is 1. The number of benzene rings is 2. The summed E-state index contributed by atoms with van der Waals surface area (Å²) < 4.78 is 39.0. The van der Waals surface area contributed by atoms with E-state index in [-0.39, 0.29) is 22.0 Å². The Morgan fingerprint density at radius 1 is 1.27 bits per heavy atom. The van der Waals surface area contributed by atoms with Crippen molar-refractivity contribution < 1.29 is 17.6 Å². The van der Waals surface area contributed by atoms with E-state index in [9.17, 15) is 17.6 Å². The first-order valence-electron chi connectivity index (χ1n) is 6.26. The second-order valence-corrected chi connectivity index (χ2v) is 6.83. The zero-order valence-electron chi connectivity index (χ0n) is 11.1. The molecule has 0 unspecified atom stereocenters. The number of fused-ring (bicyclic) bond motifs is 1. The lowest BCUT2D eigenvalue weighted by atomic mass is 10.1. The quantitative estimate of drug-likeness (QED) is 0.882. The van der Waals surface area contributed by atoms with Gasteiger partial charge in [0, 0.05) is 17.8 Å². The summed E-state index contributed by atoms with van der Waals surface area (Å²) in [7, 11) is -3.55. The summed E-state index contributed by atoms with van der Waals surface area (Å²) in [4.78, 5) is 12.4. The van der Waals surface area contributed by atoms with Gasteiger partial charge in [-0.15, -0.1) is 0 Å². The maximum atomic E-state index is 13.1. The molecule has 22 heavy (non-hydrogen) atoms. The Labute approximate surface area is 131 Å². The van der Waals surface area contributed by atoms with Crippen molar-refractivity contribution in [1.29, 1.82) is 0 Å². The molecule has 0 saturated carbocycles. The van der Waals surface area contributed by atoms with Gasteiger partial charge >= 0.3 is 0 Å². The van der Waals surface area contributed by atoms with Gasteiger partial charge in [-0.05, 0) is 35.9 Å². The van der Waals surface area contributed by atoms with Crippen LogP contribution < -0.4 is 10.0 Å². The SMILES string of the molecule is O=C(Nc1ccc(F)c(Cl)c1)c1cccc2c1CNS2(=O)=O. The summed E-state index contributed by atoms with van der Waals surface area (Å²) in [5, 5.41) is 2.46. The van der Waals surface area contributed by atoms with Gasteiger partial charge < -0.3 is 5.32 Å². The van der Waals surface area contributed by atoms with Gasteiger partial charge in [-0.1, -0.05) is 17.7 Å². The topological polar surface area (TPSA) is 75.3 Å². The molecular formula is C14H10ClFN2O3S. The number of rotatable bonds is 2. The molecule has 1 aliphatic heterocycles. The Hall–Kier alpha value is -1.96. The Morgan fingerprint density at radius 3 is 2.77 bits per heavy atom. The van der Waals surface area contributed by atoms with Gasteiger partial charge in [-0.25, -0.2) is 17.5 Å². The normalized spacial score (nSPS) is 15.4. The van der Waals surface area contributed by atoms with Gasteiger partial charge in [0.15, 0.2) is 0 Å². The zero-order chi connectivity index (χ0) is 15.9. The molecule has 1 aliphatic rings. The molecule has 0 aliphatic carbocycles. The maximum Gasteiger partial charge on any atom is 0.256 e. The number of halogens is 2. The smallest absolute Gasteiger partial charge is 0.256 e. The van der Waals surface area contributed by atoms with E-state index in [1.54, 1.807) is 0 Å². The molecule has 0 atom stereocenters. The van der Waals surface area contributed by atoms with Crippen molar-refractivity contribution in [2.75, 3.05) is 5.32 Å². The number of carbonyl (C=O) groups excluding carboxylic acids is 1. The second-order valence-electron chi connectivity index (χ2n) is 4.69. The molecule has 114 valence electrons. The minimum Gasteiger partial charge on any atom is -0.322 e. The van der Waals surface area contributed by atoms with Crippen LogP contribution >= 0.6 is 11.6 Å². The lowest BCUT2D eigenvalue weighted by molar-refractivity contribution is 0.102. The predicted molar refractivity (Wildman–Crippen MR) is 79.8 cm³/mol. The fourth-order valence-electron chi connectivity index (χ4n) is 2.23. The molecule has 0 fully saturated rings. The molecule has 2 aromatic rings. The highest BCUT2D eigenvalue weighted by atomic mass is 35.5. The third kappa shape index (κ3) is 2.58. The van der Waals surface area contributed by atoms with Crippen molar-refractivity contribution in [3.63, 3.8) is 0 Å². The Bertz CT molecular complexity index is 884. The van der Waals surface area contributed by atoms with Crippen molar-refractivity contribution in [2.24, 2.45) is 0 Å². The van der Waals surface area contributed by atoms with Crippen LogP contribution in [-0.2, 0) is 16.6 Å². The molecule has 0 spiro atoms. The summed E-state index contributed by atoms with van der Waals surface area (Å²) in [6.07, 6.45) is 0. The first kappa shape index (κ1) is 15.0. The van der Waals surface area contributed by atoms with E-state index in [1.165, 1.54) is 30.3 Å². The molecular weight excluding hydrogens is 331 g/mol. The molecule has 0 bridgehead atoms. The van der Waals surface area contributed by atoms with E-state index >= 15 is 0 Å². The van der Waals surface area contributed by atoms with Gasteiger partial charge in [0.05, 0.1) is 9.92 Å². The molecule has 3 rings (SSSR count). The minimum absolute atomic E-state index is 0.0609. The molecule has 8 heteroatoms. The molecule has 0 saturated heterocycles. The standard InChI is InChI=1S/C14H10ClFN2O3S/c15-11-6-8(4-5-12(11)16)18-14(19)9-2-1-3-13-10(9)7-17-22(13,20)21/h1-6,17H,7H2,(H,18,19). The summed E-state index contributed by atoms with van der Waals surface area (Å²) in [6, 6.07) is 8.26. The molecule has 5 nitrogen and oxygen atoms in total. The van der Waals surface area contributed by atoms with Crippen LogP contribution in [0.5, 0.6) is 0 Å². The van der Waals surface area contributed by atoms with Gasteiger partial charge in [0.2, 0.25) is 10.0 Å². The van der Waals surface area contributed by atoms with Crippen LogP contribution in [0, 0.1) is 5.82 Å². The van der Waals surface area contributed by atoms with Gasteiger partial charge in [-0.2, -0.15) is 0 Å². The van der Waals surface area contributed by atoms with E-state index in [0.29, 0.717) is 11.3 Å². The van der Waals surface area contributed by atoms with Crippen molar-refractivity contribution in [2.45, 2.75) is 11.4 Å². The molecule has 1 amide bonds. The highest BCUT2D eigenvalue weighted by molar-refractivity contribution is 7.89. The van der Waals surface area contributed by atoms with Crippen LogP contribution in [0.25, 0.3) is 0 Å². The number of amides is 1. The number of anilines is 1. The van der Waals surface area contributed by atoms with Gasteiger partial charge in [0.1, 0.15) is 5.82 Å². The van der Waals surface area contributed by atoms with Crippen molar-refractivity contribution in [3.8, 4) is 0 Å². The van der Waals surface area contributed by atoms with Crippen LogP contribution in [0.3, 0.4) is 0 Å². The van der Waals surface area contributed by atoms with Crippen molar-refractivity contribution in [1.82, 2.24) is 4.72 Å². The molecule has 0 aromatic heterocycles. The van der Waals surface area contributed by atoms with E-state index in [2.05, 4.69) is 10.0 Å². The molecule has 0 radical (unpaired) electrons. The second kappa shape index (κ2) is 5.35. The summed E-state index contributed by atoms with van der Waals surface area (Å²) in [5.41, 5.74) is 0.975. The largest absolute Gasteiger partial charge is 0.322 e. The zero-order valence-corrected chi connectivity index (χ0v) is 12.6. The van der Waals surface area contributed by atoms with E-state index in [4.69, 9.17) is 11.6 Å². The van der Waals surface area contributed by atoms with E-state index in [0.717, 1.165) is 6.07 Å². The Kier molecular flexibility index (Phi) is 3.64. The first-order chi connectivity index (χ1) is 10.4. The first-order valence-corrected chi connectivity index (χ1v) is 8.12. The predicted octanol–water partition coefficient (Wildman–Crippen LogP) is 2.52. The van der Waals surface area contributed by atoms with E-state index < -0.39 is 21.7 Å². The van der Waals surface area contributed by atoms with Crippen molar-refractivity contribution >= 4 is 33.2 Å². The summed E-state index contributed by atoms with van der Waals surface area (Å²) in [6.45, 7) is 0.0609.